The number of nitrogens with zero attached hydrogens (tertiary/aromatic N) is 6. The average molecular weight is 351 g/mol. The van der Waals surface area contributed by atoms with Crippen LogP contribution in [0.3, 0.4) is 0 Å². The molecule has 0 saturated heterocycles. The second-order valence-corrected chi connectivity index (χ2v) is 5.58. The first-order chi connectivity index (χ1) is 12.6. The van der Waals surface area contributed by atoms with Gasteiger partial charge in [0, 0.05) is 19.4 Å². The molecule has 0 aliphatic heterocycles. The quantitative estimate of drug-likeness (QED) is 0.611. The van der Waals surface area contributed by atoms with E-state index in [1.807, 2.05) is 12.1 Å². The molecular weight excluding hydrogens is 337 g/mol. The summed E-state index contributed by atoms with van der Waals surface area (Å²) < 4.78 is 18.2. The normalized spacial score (nSPS) is 10.8. The second kappa shape index (κ2) is 6.28. The van der Waals surface area contributed by atoms with Crippen LogP contribution in [0, 0.1) is 5.82 Å². The van der Waals surface area contributed by atoms with Crippen molar-refractivity contribution in [1.82, 2.24) is 29.1 Å². The van der Waals surface area contributed by atoms with E-state index in [1.54, 1.807) is 45.4 Å². The fourth-order valence-electron chi connectivity index (χ4n) is 2.56. The number of carbonyl (C=O) groups excluding carboxylic acids is 1. The third-order valence-electron chi connectivity index (χ3n) is 3.85. The Kier molecular flexibility index (Phi) is 3.81. The molecule has 1 amide bonds. The molecule has 0 aliphatic carbocycles. The van der Waals surface area contributed by atoms with E-state index in [0.717, 1.165) is 0 Å². The van der Waals surface area contributed by atoms with Crippen LogP contribution in [0.5, 0.6) is 0 Å². The van der Waals surface area contributed by atoms with E-state index in [1.165, 1.54) is 24.7 Å². The van der Waals surface area contributed by atoms with Crippen molar-refractivity contribution in [3.8, 4) is 11.5 Å². The van der Waals surface area contributed by atoms with Crippen LogP contribution >= 0.6 is 0 Å². The Labute approximate surface area is 147 Å². The number of halogens is 1. The van der Waals surface area contributed by atoms with Gasteiger partial charge in [0.1, 0.15) is 17.7 Å². The summed E-state index contributed by atoms with van der Waals surface area (Å²) in [6.07, 6.45) is 6.56. The number of anilines is 1. The SMILES string of the molecule is Cn1cnnc1NC(=O)c1cnn(-c2ccc(F)cc2)c1-n1cccc1. The van der Waals surface area contributed by atoms with Crippen LogP contribution < -0.4 is 5.32 Å². The van der Waals surface area contributed by atoms with Gasteiger partial charge in [0.25, 0.3) is 5.91 Å². The smallest absolute Gasteiger partial charge is 0.263 e. The molecule has 0 atom stereocenters. The molecule has 0 aliphatic rings. The number of nitrogens with one attached hydrogen (secondary N) is 1. The maximum atomic E-state index is 13.2. The van der Waals surface area contributed by atoms with Crippen LogP contribution in [0.25, 0.3) is 11.5 Å². The minimum absolute atomic E-state index is 0.322. The van der Waals surface area contributed by atoms with Gasteiger partial charge in [-0.25, -0.2) is 9.07 Å². The predicted molar refractivity (Wildman–Crippen MR) is 91.8 cm³/mol. The number of benzene rings is 1. The molecule has 8 nitrogen and oxygen atoms in total. The van der Waals surface area contributed by atoms with Crippen molar-refractivity contribution in [2.24, 2.45) is 7.05 Å². The molecule has 0 saturated carbocycles. The summed E-state index contributed by atoms with van der Waals surface area (Å²) >= 11 is 0. The Morgan fingerprint density at radius 3 is 2.54 bits per heavy atom. The van der Waals surface area contributed by atoms with Crippen LogP contribution in [0.4, 0.5) is 10.3 Å². The Morgan fingerprint density at radius 2 is 1.88 bits per heavy atom. The molecular formula is C17H14FN7O. The highest BCUT2D eigenvalue weighted by Gasteiger charge is 2.21. The van der Waals surface area contributed by atoms with Crippen molar-refractivity contribution in [1.29, 1.82) is 0 Å². The highest BCUT2D eigenvalue weighted by Crippen LogP contribution is 2.21. The van der Waals surface area contributed by atoms with Crippen molar-refractivity contribution in [3.63, 3.8) is 0 Å². The maximum Gasteiger partial charge on any atom is 0.263 e. The van der Waals surface area contributed by atoms with Gasteiger partial charge < -0.3 is 9.13 Å². The summed E-state index contributed by atoms with van der Waals surface area (Å²) in [6.45, 7) is 0. The number of aryl methyl sites for hydroxylation is 1. The topological polar surface area (TPSA) is 82.6 Å². The zero-order valence-corrected chi connectivity index (χ0v) is 13.7. The third-order valence-corrected chi connectivity index (χ3v) is 3.85. The lowest BCUT2D eigenvalue weighted by atomic mass is 10.2. The van der Waals surface area contributed by atoms with E-state index >= 15 is 0 Å². The Hall–Kier alpha value is -3.75. The molecule has 0 bridgehead atoms. The lowest BCUT2D eigenvalue weighted by Crippen LogP contribution is -2.17. The number of hydrogen-bond acceptors (Lipinski definition) is 4. The predicted octanol–water partition coefficient (Wildman–Crippen LogP) is 2.18. The number of rotatable bonds is 4. The average Bonchev–Trinajstić information content (AvgIpc) is 3.36. The van der Waals surface area contributed by atoms with Crippen LogP contribution in [-0.2, 0) is 7.05 Å². The summed E-state index contributed by atoms with van der Waals surface area (Å²) in [5.41, 5.74) is 0.973. The lowest BCUT2D eigenvalue weighted by molar-refractivity contribution is 0.102. The zero-order chi connectivity index (χ0) is 18.1. The van der Waals surface area contributed by atoms with Gasteiger partial charge in [0.2, 0.25) is 5.95 Å². The van der Waals surface area contributed by atoms with Gasteiger partial charge in [-0.1, -0.05) is 0 Å². The van der Waals surface area contributed by atoms with Gasteiger partial charge in [-0.3, -0.25) is 10.1 Å². The first kappa shape index (κ1) is 15.8. The number of amides is 1. The molecule has 3 heterocycles. The van der Waals surface area contributed by atoms with E-state index in [2.05, 4.69) is 20.6 Å². The molecule has 4 aromatic rings. The fourth-order valence-corrected chi connectivity index (χ4v) is 2.56. The highest BCUT2D eigenvalue weighted by atomic mass is 19.1. The van der Waals surface area contributed by atoms with Gasteiger partial charge in [-0.2, -0.15) is 5.10 Å². The molecule has 1 aromatic carbocycles. The third kappa shape index (κ3) is 2.75. The van der Waals surface area contributed by atoms with Crippen LogP contribution in [-0.4, -0.2) is 35.0 Å². The molecule has 4 rings (SSSR count). The van der Waals surface area contributed by atoms with Crippen molar-refractivity contribution < 1.29 is 9.18 Å². The first-order valence-corrected chi connectivity index (χ1v) is 7.76. The highest BCUT2D eigenvalue weighted by molar-refractivity contribution is 6.05. The largest absolute Gasteiger partial charge is 0.308 e. The summed E-state index contributed by atoms with van der Waals surface area (Å²) in [6, 6.07) is 9.56. The number of aromatic nitrogens is 6. The van der Waals surface area contributed by atoms with E-state index in [4.69, 9.17) is 0 Å². The number of carbonyl (C=O) groups is 1. The maximum absolute atomic E-state index is 13.2. The Balaban J connectivity index is 1.79. The molecule has 0 radical (unpaired) electrons. The van der Waals surface area contributed by atoms with Gasteiger partial charge >= 0.3 is 0 Å². The van der Waals surface area contributed by atoms with Crippen LogP contribution in [0.1, 0.15) is 10.4 Å². The van der Waals surface area contributed by atoms with E-state index in [-0.39, 0.29) is 11.7 Å². The van der Waals surface area contributed by atoms with E-state index in [9.17, 15) is 9.18 Å². The van der Waals surface area contributed by atoms with Crippen molar-refractivity contribution >= 4 is 11.9 Å². The van der Waals surface area contributed by atoms with E-state index < -0.39 is 0 Å². The summed E-state index contributed by atoms with van der Waals surface area (Å²) in [5.74, 6) is 0.131. The molecule has 0 unspecified atom stereocenters. The molecule has 130 valence electrons. The Bertz CT molecular complexity index is 1050. The summed E-state index contributed by atoms with van der Waals surface area (Å²) in [7, 11) is 1.73. The zero-order valence-electron chi connectivity index (χ0n) is 13.7. The standard InChI is InChI=1S/C17H14FN7O/c1-23-11-19-22-17(23)21-15(26)14-10-20-25(13-6-4-12(18)5-7-13)16(14)24-8-2-3-9-24/h2-11H,1H3,(H,21,22,26). The van der Waals surface area contributed by atoms with Crippen molar-refractivity contribution in [2.75, 3.05) is 5.32 Å². The van der Waals surface area contributed by atoms with Crippen molar-refractivity contribution in [2.45, 2.75) is 0 Å². The van der Waals surface area contributed by atoms with Crippen molar-refractivity contribution in [3.05, 3.63) is 72.7 Å². The van der Waals surface area contributed by atoms with E-state index in [0.29, 0.717) is 23.0 Å². The molecule has 1 N–H and O–H groups in total. The summed E-state index contributed by atoms with van der Waals surface area (Å²) in [5, 5.41) is 14.6. The first-order valence-electron chi connectivity index (χ1n) is 7.76. The molecule has 0 spiro atoms. The Morgan fingerprint density at radius 1 is 1.15 bits per heavy atom. The summed E-state index contributed by atoms with van der Waals surface area (Å²) in [4.78, 5) is 12.8. The van der Waals surface area contributed by atoms with Gasteiger partial charge in [0.05, 0.1) is 11.9 Å². The van der Waals surface area contributed by atoms with Gasteiger partial charge in [0.15, 0.2) is 5.82 Å². The molecule has 3 aromatic heterocycles. The number of hydrogen-bond donors (Lipinski definition) is 1. The van der Waals surface area contributed by atoms with Crippen LogP contribution in [0.2, 0.25) is 0 Å². The van der Waals surface area contributed by atoms with Crippen LogP contribution in [0.15, 0.2) is 61.3 Å². The van der Waals surface area contributed by atoms with Gasteiger partial charge in [-0.15, -0.1) is 10.2 Å². The molecule has 9 heteroatoms. The monoisotopic (exact) mass is 351 g/mol. The fraction of sp³-hybridized carbons (Fsp3) is 0.0588. The minimum Gasteiger partial charge on any atom is -0.308 e. The lowest BCUT2D eigenvalue weighted by Gasteiger charge is -2.11. The van der Waals surface area contributed by atoms with Gasteiger partial charge in [-0.05, 0) is 36.4 Å². The second-order valence-electron chi connectivity index (χ2n) is 5.58. The minimum atomic E-state index is -0.377. The molecule has 0 fully saturated rings. The molecule has 26 heavy (non-hydrogen) atoms.